The predicted molar refractivity (Wildman–Crippen MR) is 91.5 cm³/mol. The summed E-state index contributed by atoms with van der Waals surface area (Å²) in [5.41, 5.74) is 3.07. The SMILES string of the molecule is NNC(=O)Cn1c(-c2ccccc2)nc2ccc(Br)cc2c1=O. The van der Waals surface area contributed by atoms with Crippen LogP contribution in [-0.2, 0) is 11.3 Å². The molecule has 7 heteroatoms. The van der Waals surface area contributed by atoms with Crippen LogP contribution < -0.4 is 16.8 Å². The number of hydrogen-bond acceptors (Lipinski definition) is 4. The Kier molecular flexibility index (Phi) is 4.22. The Morgan fingerprint density at radius 2 is 1.96 bits per heavy atom. The lowest BCUT2D eigenvalue weighted by molar-refractivity contribution is -0.121. The van der Waals surface area contributed by atoms with E-state index in [-0.39, 0.29) is 12.1 Å². The molecule has 1 amide bonds. The lowest BCUT2D eigenvalue weighted by Gasteiger charge is -2.13. The molecule has 0 spiro atoms. The number of rotatable bonds is 3. The molecule has 0 unspecified atom stereocenters. The number of halogens is 1. The molecule has 0 atom stereocenters. The molecule has 0 aliphatic rings. The van der Waals surface area contributed by atoms with Crippen LogP contribution in [0.15, 0.2) is 57.8 Å². The van der Waals surface area contributed by atoms with E-state index >= 15 is 0 Å². The van der Waals surface area contributed by atoms with Gasteiger partial charge < -0.3 is 0 Å². The molecule has 0 bridgehead atoms. The van der Waals surface area contributed by atoms with Crippen molar-refractivity contribution in [3.8, 4) is 11.4 Å². The first kappa shape index (κ1) is 15.4. The Morgan fingerprint density at radius 3 is 2.65 bits per heavy atom. The van der Waals surface area contributed by atoms with Crippen molar-refractivity contribution < 1.29 is 4.79 Å². The van der Waals surface area contributed by atoms with E-state index in [0.717, 1.165) is 10.0 Å². The number of amides is 1. The number of aromatic nitrogens is 2. The number of nitrogens with one attached hydrogen (secondary N) is 1. The zero-order chi connectivity index (χ0) is 16.4. The average molecular weight is 373 g/mol. The number of nitrogens with two attached hydrogens (primary N) is 1. The Morgan fingerprint density at radius 1 is 1.22 bits per heavy atom. The first-order chi connectivity index (χ1) is 11.1. The molecule has 116 valence electrons. The molecular formula is C16H13BrN4O2. The van der Waals surface area contributed by atoms with Crippen molar-refractivity contribution in [1.82, 2.24) is 15.0 Å². The molecule has 6 nitrogen and oxygen atoms in total. The maximum Gasteiger partial charge on any atom is 0.262 e. The number of nitrogens with zero attached hydrogens (tertiary/aromatic N) is 2. The highest BCUT2D eigenvalue weighted by molar-refractivity contribution is 9.10. The maximum atomic E-state index is 12.8. The van der Waals surface area contributed by atoms with Gasteiger partial charge in [-0.1, -0.05) is 46.3 Å². The van der Waals surface area contributed by atoms with Gasteiger partial charge in [0.2, 0.25) is 0 Å². The molecule has 0 saturated carbocycles. The van der Waals surface area contributed by atoms with Crippen molar-refractivity contribution in [3.63, 3.8) is 0 Å². The summed E-state index contributed by atoms with van der Waals surface area (Å²) in [5.74, 6) is 5.11. The second kappa shape index (κ2) is 6.31. The van der Waals surface area contributed by atoms with Crippen molar-refractivity contribution in [2.75, 3.05) is 0 Å². The Bertz CT molecular complexity index is 938. The summed E-state index contributed by atoms with van der Waals surface area (Å²) in [5, 5.41) is 0.434. The fourth-order valence-corrected chi connectivity index (χ4v) is 2.70. The Hall–Kier alpha value is -2.51. The number of fused-ring (bicyclic) bond motifs is 1. The molecule has 3 rings (SSSR count). The van der Waals surface area contributed by atoms with Crippen molar-refractivity contribution >= 4 is 32.7 Å². The summed E-state index contributed by atoms with van der Waals surface area (Å²) >= 11 is 3.34. The summed E-state index contributed by atoms with van der Waals surface area (Å²) in [6, 6.07) is 14.5. The summed E-state index contributed by atoms with van der Waals surface area (Å²) in [6.45, 7) is -0.199. The number of hydrogen-bond donors (Lipinski definition) is 2. The normalized spacial score (nSPS) is 10.7. The zero-order valence-corrected chi connectivity index (χ0v) is 13.6. The van der Waals surface area contributed by atoms with Crippen molar-refractivity contribution in [3.05, 3.63) is 63.4 Å². The molecule has 0 radical (unpaired) electrons. The summed E-state index contributed by atoms with van der Waals surface area (Å²) in [6.07, 6.45) is 0. The Labute approximate surface area is 140 Å². The molecule has 0 fully saturated rings. The van der Waals surface area contributed by atoms with Crippen LogP contribution in [0.2, 0.25) is 0 Å². The summed E-state index contributed by atoms with van der Waals surface area (Å²) < 4.78 is 2.10. The predicted octanol–water partition coefficient (Wildman–Crippen LogP) is 1.82. The molecule has 3 aromatic rings. The van der Waals surface area contributed by atoms with Gasteiger partial charge in [-0.15, -0.1) is 0 Å². The van der Waals surface area contributed by atoms with E-state index in [0.29, 0.717) is 16.7 Å². The lowest BCUT2D eigenvalue weighted by atomic mass is 10.2. The molecule has 0 aliphatic heterocycles. The second-order valence-corrected chi connectivity index (χ2v) is 5.84. The smallest absolute Gasteiger partial charge is 0.262 e. The van der Waals surface area contributed by atoms with E-state index in [9.17, 15) is 9.59 Å². The average Bonchev–Trinajstić information content (AvgIpc) is 2.58. The minimum atomic E-state index is -0.472. The van der Waals surface area contributed by atoms with Crippen molar-refractivity contribution in [2.24, 2.45) is 5.84 Å². The van der Waals surface area contributed by atoms with Gasteiger partial charge in [0.25, 0.3) is 11.5 Å². The van der Waals surface area contributed by atoms with Crippen LogP contribution in [0.25, 0.3) is 22.3 Å². The van der Waals surface area contributed by atoms with Crippen molar-refractivity contribution in [1.29, 1.82) is 0 Å². The molecular weight excluding hydrogens is 360 g/mol. The van der Waals surface area contributed by atoms with Crippen LogP contribution in [0.4, 0.5) is 0 Å². The standard InChI is InChI=1S/C16H13BrN4O2/c17-11-6-7-13-12(8-11)16(23)21(9-14(22)20-18)15(19-13)10-4-2-1-3-5-10/h1-8H,9,18H2,(H,20,22). The van der Waals surface area contributed by atoms with Gasteiger partial charge in [-0.3, -0.25) is 19.6 Å². The van der Waals surface area contributed by atoms with Crippen LogP contribution in [-0.4, -0.2) is 15.5 Å². The molecule has 1 aromatic heterocycles. The molecule has 0 saturated heterocycles. The number of benzene rings is 2. The highest BCUT2D eigenvalue weighted by atomic mass is 79.9. The third-order valence-corrected chi connectivity index (χ3v) is 3.90. The van der Waals surface area contributed by atoms with Gasteiger partial charge >= 0.3 is 0 Å². The van der Waals surface area contributed by atoms with Crippen LogP contribution >= 0.6 is 15.9 Å². The second-order valence-electron chi connectivity index (χ2n) is 4.92. The molecule has 0 aliphatic carbocycles. The van der Waals surface area contributed by atoms with Gasteiger partial charge in [0.1, 0.15) is 12.4 Å². The third kappa shape index (κ3) is 3.01. The largest absolute Gasteiger partial charge is 0.293 e. The van der Waals surface area contributed by atoms with Gasteiger partial charge in [0.05, 0.1) is 10.9 Å². The molecule has 3 N–H and O–H groups in total. The van der Waals surface area contributed by atoms with Crippen LogP contribution in [0, 0.1) is 0 Å². The van der Waals surface area contributed by atoms with E-state index in [1.165, 1.54) is 4.57 Å². The molecule has 23 heavy (non-hydrogen) atoms. The topological polar surface area (TPSA) is 90.0 Å². The van der Waals surface area contributed by atoms with Gasteiger partial charge in [-0.25, -0.2) is 10.8 Å². The van der Waals surface area contributed by atoms with E-state index in [4.69, 9.17) is 5.84 Å². The molecule has 2 aromatic carbocycles. The lowest BCUT2D eigenvalue weighted by Crippen LogP contribution is -2.37. The van der Waals surface area contributed by atoms with Gasteiger partial charge in [-0.05, 0) is 18.2 Å². The maximum absolute atomic E-state index is 12.8. The fraction of sp³-hybridized carbons (Fsp3) is 0.0625. The molecule has 1 heterocycles. The zero-order valence-electron chi connectivity index (χ0n) is 12.0. The van der Waals surface area contributed by atoms with Crippen LogP contribution in [0.5, 0.6) is 0 Å². The van der Waals surface area contributed by atoms with Gasteiger partial charge in [0, 0.05) is 10.0 Å². The first-order valence-corrected chi connectivity index (χ1v) is 7.64. The number of carbonyl (C=O) groups excluding carboxylic acids is 1. The van der Waals surface area contributed by atoms with Crippen LogP contribution in [0.1, 0.15) is 0 Å². The highest BCUT2D eigenvalue weighted by Gasteiger charge is 2.15. The van der Waals surface area contributed by atoms with E-state index in [1.807, 2.05) is 41.8 Å². The third-order valence-electron chi connectivity index (χ3n) is 3.41. The fourth-order valence-electron chi connectivity index (χ4n) is 2.34. The minimum absolute atomic E-state index is 0.199. The van der Waals surface area contributed by atoms with Crippen LogP contribution in [0.3, 0.4) is 0 Å². The van der Waals surface area contributed by atoms with E-state index < -0.39 is 5.91 Å². The first-order valence-electron chi connectivity index (χ1n) is 6.85. The van der Waals surface area contributed by atoms with E-state index in [2.05, 4.69) is 20.9 Å². The number of hydrazine groups is 1. The monoisotopic (exact) mass is 372 g/mol. The Balaban J connectivity index is 2.32. The quantitative estimate of drug-likeness (QED) is 0.416. The summed E-state index contributed by atoms with van der Waals surface area (Å²) in [4.78, 5) is 29.1. The van der Waals surface area contributed by atoms with E-state index in [1.54, 1.807) is 12.1 Å². The van der Waals surface area contributed by atoms with Crippen molar-refractivity contribution in [2.45, 2.75) is 6.54 Å². The van der Waals surface area contributed by atoms with Gasteiger partial charge in [-0.2, -0.15) is 0 Å². The highest BCUT2D eigenvalue weighted by Crippen LogP contribution is 2.21. The minimum Gasteiger partial charge on any atom is -0.293 e. The number of carbonyl (C=O) groups is 1. The van der Waals surface area contributed by atoms with Gasteiger partial charge in [0.15, 0.2) is 0 Å². The summed E-state index contributed by atoms with van der Waals surface area (Å²) in [7, 11) is 0.